The number of carbonyl (C=O) groups is 2. The van der Waals surface area contributed by atoms with E-state index in [0.29, 0.717) is 27.5 Å². The number of nitrogens with one attached hydrogen (secondary N) is 1. The minimum absolute atomic E-state index is 0.402. The summed E-state index contributed by atoms with van der Waals surface area (Å²) in [4.78, 5) is 24.7. The summed E-state index contributed by atoms with van der Waals surface area (Å²) < 4.78 is 0.577. The average molecular weight is 380 g/mol. The van der Waals surface area contributed by atoms with E-state index in [-0.39, 0.29) is 0 Å². The first-order valence-corrected chi connectivity index (χ1v) is 8.15. The van der Waals surface area contributed by atoms with Crippen LogP contribution in [-0.4, -0.2) is 46.1 Å². The smallest absolute Gasteiger partial charge is 0.327 e. The number of hydrogen-bond acceptors (Lipinski definition) is 3. The van der Waals surface area contributed by atoms with Crippen LogP contribution < -0.4 is 5.32 Å². The number of hydrogen-bond donors (Lipinski definition) is 2. The molecule has 0 aliphatic carbocycles. The standard InChI is InChI=1S/C12H12BrClN2O3S/c13-10-7(14)2-1-3-8(10)15-12(19)16-4-5-20-6-9(16)11(17)18/h1-3,9H,4-6H2,(H,15,19)(H,17,18). The van der Waals surface area contributed by atoms with Crippen molar-refractivity contribution in [2.45, 2.75) is 6.04 Å². The Balaban J connectivity index is 2.14. The summed E-state index contributed by atoms with van der Waals surface area (Å²) >= 11 is 10.8. The first kappa shape index (κ1) is 15.5. The Labute approximate surface area is 133 Å². The van der Waals surface area contributed by atoms with Gasteiger partial charge in [0.25, 0.3) is 0 Å². The predicted octanol–water partition coefficient (Wildman–Crippen LogP) is 3.14. The second-order valence-corrected chi connectivity index (χ2v) is 6.50. The molecular weight excluding hydrogens is 368 g/mol. The van der Waals surface area contributed by atoms with Crippen LogP contribution in [0.3, 0.4) is 0 Å². The fourth-order valence-electron chi connectivity index (χ4n) is 1.84. The summed E-state index contributed by atoms with van der Waals surface area (Å²) in [6.07, 6.45) is 0. The van der Waals surface area contributed by atoms with Crippen molar-refractivity contribution in [3.63, 3.8) is 0 Å². The monoisotopic (exact) mass is 378 g/mol. The van der Waals surface area contributed by atoms with Crippen molar-refractivity contribution >= 4 is 57.0 Å². The van der Waals surface area contributed by atoms with Gasteiger partial charge in [0.05, 0.1) is 15.2 Å². The van der Waals surface area contributed by atoms with Crippen molar-refractivity contribution in [3.05, 3.63) is 27.7 Å². The van der Waals surface area contributed by atoms with E-state index in [4.69, 9.17) is 16.7 Å². The molecule has 2 rings (SSSR count). The molecule has 1 aliphatic heterocycles. The molecule has 1 aromatic carbocycles. The molecule has 20 heavy (non-hydrogen) atoms. The SMILES string of the molecule is O=C(O)C1CSCCN1C(=O)Nc1cccc(Cl)c1Br. The van der Waals surface area contributed by atoms with Crippen molar-refractivity contribution in [3.8, 4) is 0 Å². The molecule has 1 aromatic rings. The second-order valence-electron chi connectivity index (χ2n) is 4.15. The van der Waals surface area contributed by atoms with Gasteiger partial charge >= 0.3 is 12.0 Å². The van der Waals surface area contributed by atoms with Crippen LogP contribution in [0.15, 0.2) is 22.7 Å². The summed E-state index contributed by atoms with van der Waals surface area (Å²) in [6.45, 7) is 0.408. The van der Waals surface area contributed by atoms with Gasteiger partial charge in [-0.3, -0.25) is 0 Å². The molecule has 1 saturated heterocycles. The van der Waals surface area contributed by atoms with Crippen molar-refractivity contribution in [2.75, 3.05) is 23.4 Å². The molecular formula is C12H12BrClN2O3S. The first-order chi connectivity index (χ1) is 9.50. The van der Waals surface area contributed by atoms with Gasteiger partial charge in [-0.1, -0.05) is 17.7 Å². The molecule has 5 nitrogen and oxygen atoms in total. The van der Waals surface area contributed by atoms with Crippen LogP contribution in [-0.2, 0) is 4.79 Å². The molecule has 108 valence electrons. The van der Waals surface area contributed by atoms with Crippen LogP contribution in [0.5, 0.6) is 0 Å². The third kappa shape index (κ3) is 3.39. The Morgan fingerprint density at radius 3 is 2.95 bits per heavy atom. The van der Waals surface area contributed by atoms with Gasteiger partial charge < -0.3 is 15.3 Å². The van der Waals surface area contributed by atoms with E-state index in [0.717, 1.165) is 5.75 Å². The first-order valence-electron chi connectivity index (χ1n) is 5.83. The normalized spacial score (nSPS) is 18.7. The largest absolute Gasteiger partial charge is 0.480 e. The molecule has 8 heteroatoms. The van der Waals surface area contributed by atoms with Gasteiger partial charge in [-0.15, -0.1) is 0 Å². The predicted molar refractivity (Wildman–Crippen MR) is 83.6 cm³/mol. The molecule has 1 unspecified atom stereocenters. The van der Waals surface area contributed by atoms with Crippen LogP contribution in [0.1, 0.15) is 0 Å². The van der Waals surface area contributed by atoms with Crippen molar-refractivity contribution < 1.29 is 14.7 Å². The molecule has 0 bridgehead atoms. The van der Waals surface area contributed by atoms with Crippen LogP contribution in [0, 0.1) is 0 Å². The number of benzene rings is 1. The lowest BCUT2D eigenvalue weighted by molar-refractivity contribution is -0.141. The van der Waals surface area contributed by atoms with Crippen LogP contribution in [0.2, 0.25) is 5.02 Å². The number of aliphatic carboxylic acids is 1. The number of carboxylic acids is 1. The molecule has 1 atom stereocenters. The van der Waals surface area contributed by atoms with E-state index in [2.05, 4.69) is 21.2 Å². The number of carbonyl (C=O) groups excluding carboxylic acids is 1. The molecule has 1 aliphatic rings. The maximum atomic E-state index is 12.2. The third-order valence-electron chi connectivity index (χ3n) is 2.87. The molecule has 2 N–H and O–H groups in total. The van der Waals surface area contributed by atoms with E-state index in [1.807, 2.05) is 0 Å². The maximum Gasteiger partial charge on any atom is 0.327 e. The van der Waals surface area contributed by atoms with Crippen molar-refractivity contribution in [1.82, 2.24) is 4.90 Å². The Bertz CT molecular complexity index is 543. The topological polar surface area (TPSA) is 69.6 Å². The zero-order valence-electron chi connectivity index (χ0n) is 10.3. The highest BCUT2D eigenvalue weighted by atomic mass is 79.9. The van der Waals surface area contributed by atoms with Crippen LogP contribution >= 0.6 is 39.3 Å². The van der Waals surface area contributed by atoms with Crippen LogP contribution in [0.4, 0.5) is 10.5 Å². The average Bonchev–Trinajstić information content (AvgIpc) is 2.43. The number of halogens is 2. The maximum absolute atomic E-state index is 12.2. The van der Waals surface area contributed by atoms with Crippen molar-refractivity contribution in [1.29, 1.82) is 0 Å². The molecule has 0 aromatic heterocycles. The summed E-state index contributed by atoms with van der Waals surface area (Å²) in [6, 6.07) is 3.87. The summed E-state index contributed by atoms with van der Waals surface area (Å²) in [5.41, 5.74) is 0.518. The Morgan fingerprint density at radius 2 is 2.25 bits per heavy atom. The number of urea groups is 1. The van der Waals surface area contributed by atoms with Gasteiger partial charge in [-0.05, 0) is 28.1 Å². The van der Waals surface area contributed by atoms with Gasteiger partial charge in [0, 0.05) is 18.1 Å². The highest BCUT2D eigenvalue weighted by molar-refractivity contribution is 9.10. The molecule has 0 radical (unpaired) electrons. The highest BCUT2D eigenvalue weighted by Gasteiger charge is 2.32. The van der Waals surface area contributed by atoms with Crippen molar-refractivity contribution in [2.24, 2.45) is 0 Å². The van der Waals surface area contributed by atoms with Gasteiger partial charge in [-0.25, -0.2) is 9.59 Å². The molecule has 0 saturated carbocycles. The number of carboxylic acid groups (broad SMARTS) is 1. The second kappa shape index (κ2) is 6.69. The van der Waals surface area contributed by atoms with E-state index in [1.54, 1.807) is 18.2 Å². The number of amides is 2. The molecule has 0 spiro atoms. The van der Waals surface area contributed by atoms with Crippen LogP contribution in [0.25, 0.3) is 0 Å². The Kier molecular flexibility index (Phi) is 5.17. The highest BCUT2D eigenvalue weighted by Crippen LogP contribution is 2.30. The number of rotatable bonds is 2. The van der Waals surface area contributed by atoms with Gasteiger partial charge in [0.15, 0.2) is 0 Å². The molecule has 1 heterocycles. The molecule has 1 fully saturated rings. The lowest BCUT2D eigenvalue weighted by Crippen LogP contribution is -2.51. The number of thioether (sulfide) groups is 1. The third-order valence-corrected chi connectivity index (χ3v) is 5.29. The van der Waals surface area contributed by atoms with Gasteiger partial charge in [0.2, 0.25) is 0 Å². The fourth-order valence-corrected chi connectivity index (χ4v) is 3.41. The zero-order valence-corrected chi connectivity index (χ0v) is 13.5. The Morgan fingerprint density at radius 1 is 1.50 bits per heavy atom. The van der Waals surface area contributed by atoms with E-state index < -0.39 is 18.0 Å². The quantitative estimate of drug-likeness (QED) is 0.828. The minimum atomic E-state index is -0.988. The van der Waals surface area contributed by atoms with E-state index in [1.165, 1.54) is 16.7 Å². The summed E-state index contributed by atoms with van der Waals surface area (Å²) in [5.74, 6) is 0.144. The lowest BCUT2D eigenvalue weighted by atomic mass is 10.3. The minimum Gasteiger partial charge on any atom is -0.480 e. The van der Waals surface area contributed by atoms with E-state index in [9.17, 15) is 9.59 Å². The summed E-state index contributed by atoms with van der Waals surface area (Å²) in [7, 11) is 0. The number of anilines is 1. The fraction of sp³-hybridized carbons (Fsp3) is 0.333. The Hall–Kier alpha value is -0.920. The lowest BCUT2D eigenvalue weighted by Gasteiger charge is -2.32. The van der Waals surface area contributed by atoms with Gasteiger partial charge in [-0.2, -0.15) is 11.8 Å². The van der Waals surface area contributed by atoms with Gasteiger partial charge in [0.1, 0.15) is 6.04 Å². The van der Waals surface area contributed by atoms with E-state index >= 15 is 0 Å². The zero-order chi connectivity index (χ0) is 14.7. The number of nitrogens with zero attached hydrogens (tertiary/aromatic N) is 1. The molecule has 2 amide bonds. The summed E-state index contributed by atoms with van der Waals surface area (Å²) in [5, 5.41) is 12.3.